The molecule has 0 saturated carbocycles. The SMILES string of the molecule is Cc1nccc(Nc2ccn(C)n2)n1. The van der Waals surface area contributed by atoms with Crippen LogP contribution in [-0.2, 0) is 7.05 Å². The molecule has 72 valence electrons. The molecule has 0 bridgehead atoms. The normalized spacial score (nSPS) is 10.1. The second kappa shape index (κ2) is 3.45. The van der Waals surface area contributed by atoms with Crippen molar-refractivity contribution >= 4 is 11.6 Å². The van der Waals surface area contributed by atoms with Crippen LogP contribution in [0.1, 0.15) is 5.82 Å². The van der Waals surface area contributed by atoms with Crippen LogP contribution in [0, 0.1) is 6.92 Å². The van der Waals surface area contributed by atoms with E-state index in [0.29, 0.717) is 0 Å². The van der Waals surface area contributed by atoms with Gasteiger partial charge in [0.2, 0.25) is 0 Å². The second-order valence-corrected chi connectivity index (χ2v) is 2.99. The fourth-order valence-electron chi connectivity index (χ4n) is 1.14. The van der Waals surface area contributed by atoms with E-state index in [1.165, 1.54) is 0 Å². The highest BCUT2D eigenvalue weighted by molar-refractivity contribution is 5.49. The maximum atomic E-state index is 4.21. The van der Waals surface area contributed by atoms with Gasteiger partial charge in [-0.25, -0.2) is 9.97 Å². The molecule has 0 aromatic carbocycles. The van der Waals surface area contributed by atoms with Crippen LogP contribution in [-0.4, -0.2) is 19.7 Å². The van der Waals surface area contributed by atoms with E-state index in [1.807, 2.05) is 32.3 Å². The summed E-state index contributed by atoms with van der Waals surface area (Å²) in [5, 5.41) is 7.26. The van der Waals surface area contributed by atoms with Crippen molar-refractivity contribution in [3.63, 3.8) is 0 Å². The summed E-state index contributed by atoms with van der Waals surface area (Å²) in [7, 11) is 1.87. The molecule has 0 unspecified atom stereocenters. The summed E-state index contributed by atoms with van der Waals surface area (Å²) in [5.74, 6) is 2.28. The summed E-state index contributed by atoms with van der Waals surface area (Å²) < 4.78 is 1.73. The molecule has 5 nitrogen and oxygen atoms in total. The molecule has 0 aliphatic heterocycles. The van der Waals surface area contributed by atoms with E-state index >= 15 is 0 Å². The van der Waals surface area contributed by atoms with E-state index in [9.17, 15) is 0 Å². The summed E-state index contributed by atoms with van der Waals surface area (Å²) in [4.78, 5) is 8.22. The minimum absolute atomic E-state index is 0.742. The smallest absolute Gasteiger partial charge is 0.153 e. The first-order chi connectivity index (χ1) is 6.74. The molecule has 5 heteroatoms. The molecule has 0 aliphatic carbocycles. The predicted molar refractivity (Wildman–Crippen MR) is 53.3 cm³/mol. The first-order valence-electron chi connectivity index (χ1n) is 4.30. The average molecular weight is 189 g/mol. The molecule has 2 rings (SSSR count). The Balaban J connectivity index is 2.18. The quantitative estimate of drug-likeness (QED) is 0.772. The Morgan fingerprint density at radius 1 is 1.29 bits per heavy atom. The minimum Gasteiger partial charge on any atom is -0.323 e. The van der Waals surface area contributed by atoms with Gasteiger partial charge in [-0.3, -0.25) is 4.68 Å². The van der Waals surface area contributed by atoms with Gasteiger partial charge >= 0.3 is 0 Å². The van der Waals surface area contributed by atoms with Gasteiger partial charge in [0.15, 0.2) is 5.82 Å². The van der Waals surface area contributed by atoms with E-state index in [2.05, 4.69) is 20.4 Å². The van der Waals surface area contributed by atoms with Gasteiger partial charge in [-0.15, -0.1) is 0 Å². The fraction of sp³-hybridized carbons (Fsp3) is 0.222. The lowest BCUT2D eigenvalue weighted by molar-refractivity contribution is 0.771. The number of anilines is 2. The zero-order valence-corrected chi connectivity index (χ0v) is 8.10. The maximum absolute atomic E-state index is 4.21. The van der Waals surface area contributed by atoms with Crippen LogP contribution in [0.15, 0.2) is 24.5 Å². The van der Waals surface area contributed by atoms with E-state index in [-0.39, 0.29) is 0 Å². The lowest BCUT2D eigenvalue weighted by atomic mass is 10.5. The Kier molecular flexibility index (Phi) is 2.14. The maximum Gasteiger partial charge on any atom is 0.153 e. The van der Waals surface area contributed by atoms with E-state index in [4.69, 9.17) is 0 Å². The lowest BCUT2D eigenvalue weighted by Gasteiger charge is -2.01. The Hall–Kier alpha value is -1.91. The first kappa shape index (κ1) is 8.68. The van der Waals surface area contributed by atoms with Crippen LogP contribution in [0.4, 0.5) is 11.6 Å². The summed E-state index contributed by atoms with van der Waals surface area (Å²) >= 11 is 0. The van der Waals surface area contributed by atoms with Crippen LogP contribution >= 0.6 is 0 Å². The third-order valence-corrected chi connectivity index (χ3v) is 1.75. The predicted octanol–water partition coefficient (Wildman–Crippen LogP) is 1.26. The number of nitrogens with one attached hydrogen (secondary N) is 1. The molecule has 2 aromatic rings. The lowest BCUT2D eigenvalue weighted by Crippen LogP contribution is -1.97. The van der Waals surface area contributed by atoms with E-state index < -0.39 is 0 Å². The van der Waals surface area contributed by atoms with Crippen molar-refractivity contribution in [2.45, 2.75) is 6.92 Å². The largest absolute Gasteiger partial charge is 0.323 e. The minimum atomic E-state index is 0.742. The van der Waals surface area contributed by atoms with Gasteiger partial charge in [-0.1, -0.05) is 0 Å². The van der Waals surface area contributed by atoms with Gasteiger partial charge in [0, 0.05) is 25.5 Å². The zero-order chi connectivity index (χ0) is 9.97. The third-order valence-electron chi connectivity index (χ3n) is 1.75. The van der Waals surface area contributed by atoms with Crippen molar-refractivity contribution in [3.8, 4) is 0 Å². The standard InChI is InChI=1S/C9H11N5/c1-7-10-5-3-8(11-7)12-9-4-6-14(2)13-9/h3-6H,1-2H3,(H,10,11,12,13). The van der Waals surface area contributed by atoms with Crippen molar-refractivity contribution in [1.29, 1.82) is 0 Å². The molecule has 0 spiro atoms. The Morgan fingerprint density at radius 2 is 2.14 bits per heavy atom. The Morgan fingerprint density at radius 3 is 2.79 bits per heavy atom. The molecule has 0 saturated heterocycles. The molecule has 14 heavy (non-hydrogen) atoms. The van der Waals surface area contributed by atoms with Gasteiger partial charge in [0.05, 0.1) is 0 Å². The molecule has 0 aliphatic rings. The number of aromatic nitrogens is 4. The van der Waals surface area contributed by atoms with Crippen LogP contribution in [0.3, 0.4) is 0 Å². The Bertz CT molecular complexity index is 434. The van der Waals surface area contributed by atoms with Crippen molar-refractivity contribution < 1.29 is 0 Å². The summed E-state index contributed by atoms with van der Waals surface area (Å²) in [6.45, 7) is 1.85. The number of hydrogen-bond donors (Lipinski definition) is 1. The molecule has 0 radical (unpaired) electrons. The topological polar surface area (TPSA) is 55.6 Å². The number of rotatable bonds is 2. The van der Waals surface area contributed by atoms with Gasteiger partial charge in [0.25, 0.3) is 0 Å². The highest BCUT2D eigenvalue weighted by atomic mass is 15.3. The monoisotopic (exact) mass is 189 g/mol. The zero-order valence-electron chi connectivity index (χ0n) is 8.10. The fourth-order valence-corrected chi connectivity index (χ4v) is 1.14. The average Bonchev–Trinajstić information content (AvgIpc) is 2.51. The van der Waals surface area contributed by atoms with Gasteiger partial charge in [-0.2, -0.15) is 5.10 Å². The molecule has 0 amide bonds. The molecule has 0 fully saturated rings. The second-order valence-electron chi connectivity index (χ2n) is 2.99. The van der Waals surface area contributed by atoms with Crippen molar-refractivity contribution in [1.82, 2.24) is 19.7 Å². The summed E-state index contributed by atoms with van der Waals surface area (Å²) in [6, 6.07) is 3.69. The summed E-state index contributed by atoms with van der Waals surface area (Å²) in [5.41, 5.74) is 0. The van der Waals surface area contributed by atoms with Gasteiger partial charge < -0.3 is 5.32 Å². The van der Waals surface area contributed by atoms with Crippen LogP contribution in [0.5, 0.6) is 0 Å². The highest BCUT2D eigenvalue weighted by Gasteiger charge is 1.98. The van der Waals surface area contributed by atoms with E-state index in [0.717, 1.165) is 17.5 Å². The van der Waals surface area contributed by atoms with Crippen LogP contribution in [0.2, 0.25) is 0 Å². The number of nitrogens with zero attached hydrogens (tertiary/aromatic N) is 4. The molecule has 0 atom stereocenters. The van der Waals surface area contributed by atoms with Crippen LogP contribution in [0.25, 0.3) is 0 Å². The molecule has 2 heterocycles. The summed E-state index contributed by atoms with van der Waals surface area (Å²) in [6.07, 6.45) is 3.59. The van der Waals surface area contributed by atoms with Crippen LogP contribution < -0.4 is 5.32 Å². The first-order valence-corrected chi connectivity index (χ1v) is 4.30. The third kappa shape index (κ3) is 1.87. The van der Waals surface area contributed by atoms with E-state index in [1.54, 1.807) is 10.9 Å². The molecule has 2 aromatic heterocycles. The molecule has 1 N–H and O–H groups in total. The van der Waals surface area contributed by atoms with Crippen molar-refractivity contribution in [3.05, 3.63) is 30.4 Å². The Labute approximate surface area is 81.8 Å². The van der Waals surface area contributed by atoms with Crippen molar-refractivity contribution in [2.24, 2.45) is 7.05 Å². The van der Waals surface area contributed by atoms with Crippen molar-refractivity contribution in [2.75, 3.05) is 5.32 Å². The number of aryl methyl sites for hydroxylation is 2. The molecular formula is C9H11N5. The van der Waals surface area contributed by atoms with Gasteiger partial charge in [0.1, 0.15) is 11.6 Å². The highest BCUT2D eigenvalue weighted by Crippen LogP contribution is 2.10. The molecular weight excluding hydrogens is 178 g/mol. The van der Waals surface area contributed by atoms with Gasteiger partial charge in [-0.05, 0) is 13.0 Å². The number of hydrogen-bond acceptors (Lipinski definition) is 4.